The van der Waals surface area contributed by atoms with Gasteiger partial charge in [-0.05, 0) is 40.7 Å². The number of nitrogens with zero attached hydrogens (tertiary/aromatic N) is 1. The van der Waals surface area contributed by atoms with E-state index in [1.807, 2.05) is 0 Å². The predicted octanol–water partition coefficient (Wildman–Crippen LogP) is 4.20. The second-order valence-corrected chi connectivity index (χ2v) is 7.31. The van der Waals surface area contributed by atoms with E-state index < -0.39 is 0 Å². The first-order chi connectivity index (χ1) is 13.2. The third-order valence-corrected chi connectivity index (χ3v) is 5.52. The van der Waals surface area contributed by atoms with Crippen molar-refractivity contribution >= 4 is 23.6 Å². The van der Waals surface area contributed by atoms with Crippen molar-refractivity contribution in [2.24, 2.45) is 0 Å². The number of hydrogen-bond donors (Lipinski definition) is 1. The molecule has 2 aromatic carbocycles. The molecule has 1 amide bonds. The summed E-state index contributed by atoms with van der Waals surface area (Å²) in [5.41, 5.74) is 8.26. The van der Waals surface area contributed by atoms with Crippen LogP contribution in [-0.4, -0.2) is 37.0 Å². The summed E-state index contributed by atoms with van der Waals surface area (Å²) in [6.45, 7) is 5.34. The summed E-state index contributed by atoms with van der Waals surface area (Å²) >= 11 is 0. The molecular weight excluding hydrogens is 332 g/mol. The third kappa shape index (κ3) is 3.88. The molecule has 1 fully saturated rings. The molecule has 0 radical (unpaired) electrons. The van der Waals surface area contributed by atoms with Crippen molar-refractivity contribution in [3.8, 4) is 0 Å². The molecule has 0 spiro atoms. The van der Waals surface area contributed by atoms with Gasteiger partial charge in [0.25, 0.3) is 0 Å². The first kappa shape index (κ1) is 17.7. The lowest BCUT2D eigenvalue weighted by atomic mass is 9.86. The van der Waals surface area contributed by atoms with E-state index in [1.54, 1.807) is 12.5 Å². The molecular formula is C24H26N2O. The molecule has 0 unspecified atom stereocenters. The lowest BCUT2D eigenvalue weighted by Crippen LogP contribution is -2.37. The van der Waals surface area contributed by atoms with Crippen LogP contribution >= 0.6 is 0 Å². The van der Waals surface area contributed by atoms with Gasteiger partial charge in [0.1, 0.15) is 0 Å². The van der Waals surface area contributed by atoms with Crippen LogP contribution in [0.25, 0.3) is 17.7 Å². The van der Waals surface area contributed by atoms with Crippen LogP contribution in [0.5, 0.6) is 0 Å². The fourth-order valence-corrected chi connectivity index (χ4v) is 4.13. The van der Waals surface area contributed by atoms with Crippen molar-refractivity contribution in [1.29, 1.82) is 0 Å². The Morgan fingerprint density at radius 2 is 1.48 bits per heavy atom. The Morgan fingerprint density at radius 3 is 2.04 bits per heavy atom. The van der Waals surface area contributed by atoms with Gasteiger partial charge >= 0.3 is 0 Å². The number of hydrogen-bond acceptors (Lipinski definition) is 2. The van der Waals surface area contributed by atoms with Gasteiger partial charge in [-0.3, -0.25) is 4.79 Å². The van der Waals surface area contributed by atoms with E-state index in [9.17, 15) is 4.79 Å². The Kier molecular flexibility index (Phi) is 5.21. The minimum absolute atomic E-state index is 0.0500. The van der Waals surface area contributed by atoms with Crippen LogP contribution < -0.4 is 5.32 Å². The van der Waals surface area contributed by atoms with Gasteiger partial charge in [-0.1, -0.05) is 66.3 Å². The van der Waals surface area contributed by atoms with Crippen LogP contribution in [0, 0.1) is 0 Å². The third-order valence-electron chi connectivity index (χ3n) is 5.52. The highest BCUT2D eigenvalue weighted by Crippen LogP contribution is 2.38. The maximum Gasteiger partial charge on any atom is 0.216 e. The van der Waals surface area contributed by atoms with Gasteiger partial charge < -0.3 is 10.2 Å². The fourth-order valence-electron chi connectivity index (χ4n) is 4.13. The van der Waals surface area contributed by atoms with Gasteiger partial charge in [0.05, 0.1) is 0 Å². The van der Waals surface area contributed by atoms with Crippen LogP contribution in [0.4, 0.5) is 0 Å². The first-order valence-electron chi connectivity index (χ1n) is 9.78. The fraction of sp³-hybridized carbons (Fsp3) is 0.292. The maximum atomic E-state index is 11.1. The number of rotatable bonds is 3. The molecule has 1 heterocycles. The van der Waals surface area contributed by atoms with E-state index in [-0.39, 0.29) is 5.91 Å². The predicted molar refractivity (Wildman–Crippen MR) is 112 cm³/mol. The summed E-state index contributed by atoms with van der Waals surface area (Å²) < 4.78 is 0. The maximum absolute atomic E-state index is 11.1. The topological polar surface area (TPSA) is 32.3 Å². The Hall–Kier alpha value is -2.65. The summed E-state index contributed by atoms with van der Waals surface area (Å²) in [5.74, 6) is 0.0500. The number of amides is 1. The lowest BCUT2D eigenvalue weighted by molar-refractivity contribution is -0.119. The minimum atomic E-state index is 0.0500. The standard InChI is InChI=1S/C24H26N2O/c1-18(27)25-14-17-26-15-12-21(13-16-26)24-22-8-4-2-6-19(22)10-11-20-7-3-5-9-23(20)24/h2-11H,12-17H2,1H3,(H,25,27). The van der Waals surface area contributed by atoms with Crippen LogP contribution in [0.1, 0.15) is 42.0 Å². The Bertz CT molecular complexity index is 849. The molecule has 0 bridgehead atoms. The minimum Gasteiger partial charge on any atom is -0.355 e. The largest absolute Gasteiger partial charge is 0.355 e. The molecule has 3 heteroatoms. The van der Waals surface area contributed by atoms with E-state index in [0.717, 1.165) is 39.0 Å². The van der Waals surface area contributed by atoms with E-state index in [0.29, 0.717) is 0 Å². The highest BCUT2D eigenvalue weighted by atomic mass is 16.1. The van der Waals surface area contributed by atoms with Crippen molar-refractivity contribution < 1.29 is 4.79 Å². The van der Waals surface area contributed by atoms with Crippen LogP contribution in [0.2, 0.25) is 0 Å². The molecule has 4 rings (SSSR count). The number of fused-ring (bicyclic) bond motifs is 2. The number of piperidine rings is 1. The summed E-state index contributed by atoms with van der Waals surface area (Å²) in [4.78, 5) is 13.5. The molecule has 2 aromatic rings. The monoisotopic (exact) mass is 358 g/mol. The summed E-state index contributed by atoms with van der Waals surface area (Å²) in [7, 11) is 0. The van der Waals surface area contributed by atoms with E-state index in [1.165, 1.54) is 27.8 Å². The van der Waals surface area contributed by atoms with Crippen molar-refractivity contribution in [2.45, 2.75) is 19.8 Å². The molecule has 1 saturated heterocycles. The highest BCUT2D eigenvalue weighted by molar-refractivity contribution is 5.94. The molecule has 0 saturated carbocycles. The van der Waals surface area contributed by atoms with Crippen LogP contribution in [0.3, 0.4) is 0 Å². The van der Waals surface area contributed by atoms with Gasteiger partial charge in [-0.2, -0.15) is 0 Å². The van der Waals surface area contributed by atoms with Crippen LogP contribution in [-0.2, 0) is 4.79 Å². The zero-order valence-electron chi connectivity index (χ0n) is 15.9. The Labute approximate surface area is 161 Å². The molecule has 27 heavy (non-hydrogen) atoms. The number of likely N-dealkylation sites (tertiary alicyclic amines) is 1. The van der Waals surface area contributed by atoms with Crippen LogP contribution in [0.15, 0.2) is 54.1 Å². The average Bonchev–Trinajstić information content (AvgIpc) is 2.85. The molecule has 1 aliphatic carbocycles. The van der Waals surface area contributed by atoms with E-state index >= 15 is 0 Å². The first-order valence-corrected chi connectivity index (χ1v) is 9.78. The summed E-state index contributed by atoms with van der Waals surface area (Å²) in [6.07, 6.45) is 6.64. The smallest absolute Gasteiger partial charge is 0.216 e. The molecule has 0 atom stereocenters. The van der Waals surface area contributed by atoms with Gasteiger partial charge in [0.15, 0.2) is 0 Å². The zero-order valence-corrected chi connectivity index (χ0v) is 15.9. The average molecular weight is 358 g/mol. The van der Waals surface area contributed by atoms with Gasteiger partial charge in [-0.15, -0.1) is 0 Å². The second-order valence-electron chi connectivity index (χ2n) is 7.31. The molecule has 2 aliphatic rings. The molecule has 1 aliphatic heterocycles. The highest BCUT2D eigenvalue weighted by Gasteiger charge is 2.22. The van der Waals surface area contributed by atoms with Gasteiger partial charge in [0.2, 0.25) is 5.91 Å². The number of nitrogens with one attached hydrogen (secondary N) is 1. The second kappa shape index (κ2) is 7.93. The van der Waals surface area contributed by atoms with Crippen molar-refractivity contribution in [2.75, 3.05) is 26.2 Å². The molecule has 1 N–H and O–H groups in total. The Morgan fingerprint density at radius 1 is 0.926 bits per heavy atom. The summed E-state index contributed by atoms with van der Waals surface area (Å²) in [6, 6.07) is 17.5. The normalized spacial score (nSPS) is 16.5. The molecule has 138 valence electrons. The van der Waals surface area contributed by atoms with Gasteiger partial charge in [0, 0.05) is 33.1 Å². The zero-order chi connectivity index (χ0) is 18.6. The molecule has 3 nitrogen and oxygen atoms in total. The van der Waals surface area contributed by atoms with E-state index in [2.05, 4.69) is 70.9 Å². The van der Waals surface area contributed by atoms with Crippen molar-refractivity contribution in [3.05, 3.63) is 76.4 Å². The number of benzene rings is 2. The number of carbonyl (C=O) groups excluding carboxylic acids is 1. The summed E-state index contributed by atoms with van der Waals surface area (Å²) in [5, 5.41) is 2.90. The Balaban J connectivity index is 1.63. The SMILES string of the molecule is CC(=O)NCCN1CCC(=C2c3ccccc3C=Cc3ccccc32)CC1. The molecule has 0 aromatic heterocycles. The van der Waals surface area contributed by atoms with Gasteiger partial charge in [-0.25, -0.2) is 0 Å². The van der Waals surface area contributed by atoms with Crippen molar-refractivity contribution in [1.82, 2.24) is 10.2 Å². The van der Waals surface area contributed by atoms with Crippen molar-refractivity contribution in [3.63, 3.8) is 0 Å². The quantitative estimate of drug-likeness (QED) is 0.761. The van der Waals surface area contributed by atoms with E-state index in [4.69, 9.17) is 0 Å². The number of carbonyl (C=O) groups is 1. The lowest BCUT2D eigenvalue weighted by Gasteiger charge is -2.30.